The normalized spacial score (nSPS) is 13.9. The van der Waals surface area contributed by atoms with Crippen LogP contribution in [0.3, 0.4) is 0 Å². The van der Waals surface area contributed by atoms with Crippen molar-refractivity contribution in [2.75, 3.05) is 16.1 Å². The third-order valence-electron chi connectivity index (χ3n) is 11.9. The van der Waals surface area contributed by atoms with Crippen molar-refractivity contribution in [3.05, 3.63) is 139 Å². The summed E-state index contributed by atoms with van der Waals surface area (Å²) in [6.07, 6.45) is 5.90. The summed E-state index contributed by atoms with van der Waals surface area (Å²) in [4.78, 5) is 42.0. The first-order valence-electron chi connectivity index (χ1n) is 21.4. The number of unbranched alkanes of at least 4 members (excludes halogenated alkanes) is 1. The van der Waals surface area contributed by atoms with Gasteiger partial charge in [0, 0.05) is 22.3 Å². The van der Waals surface area contributed by atoms with E-state index in [1.54, 1.807) is 13.8 Å². The Morgan fingerprint density at radius 2 is 1.17 bits per heavy atom. The lowest BCUT2D eigenvalue weighted by Gasteiger charge is -2.19. The van der Waals surface area contributed by atoms with Gasteiger partial charge in [-0.05, 0) is 149 Å². The summed E-state index contributed by atoms with van der Waals surface area (Å²) >= 11 is 13.2. The largest absolute Gasteiger partial charge is 0.478 e. The predicted molar refractivity (Wildman–Crippen MR) is 253 cm³/mol. The summed E-state index contributed by atoms with van der Waals surface area (Å²) in [5, 5.41) is 9.57. The van der Waals surface area contributed by atoms with Gasteiger partial charge in [-0.3, -0.25) is 0 Å². The number of carbonyl (C=O) groups is 2. The van der Waals surface area contributed by atoms with Gasteiger partial charge in [-0.25, -0.2) is 45.8 Å². The fraction of sp³-hybridized carbons (Fsp3) is 0.292. The van der Waals surface area contributed by atoms with Gasteiger partial charge in [-0.15, -0.1) is 0 Å². The first kappa shape index (κ1) is 46.6. The van der Waals surface area contributed by atoms with E-state index in [4.69, 9.17) is 27.9 Å². The van der Waals surface area contributed by atoms with Crippen LogP contribution in [0.15, 0.2) is 88.7 Å². The fourth-order valence-electron chi connectivity index (χ4n) is 8.01. The maximum Gasteiger partial charge on any atom is 0.338 e. The molecule has 66 heavy (non-hydrogen) atoms. The summed E-state index contributed by atoms with van der Waals surface area (Å²) < 4.78 is 64.4. The van der Waals surface area contributed by atoms with Crippen molar-refractivity contribution >= 4 is 67.1 Å². The van der Waals surface area contributed by atoms with Crippen LogP contribution in [0, 0.1) is 27.7 Å². The van der Waals surface area contributed by atoms with Crippen LogP contribution < -0.4 is 9.44 Å². The first-order chi connectivity index (χ1) is 31.4. The van der Waals surface area contributed by atoms with Gasteiger partial charge < -0.3 is 9.84 Å². The molecule has 2 saturated carbocycles. The average Bonchev–Trinajstić information content (AvgIpc) is 4.22. The number of ether oxygens (including phenoxy) is 1. The summed E-state index contributed by atoms with van der Waals surface area (Å²) in [6, 6.07) is 20.7. The number of anilines is 2. The van der Waals surface area contributed by atoms with Crippen LogP contribution in [-0.2, 0) is 31.2 Å². The third kappa shape index (κ3) is 10.1. The quantitative estimate of drug-likeness (QED) is 0.0443. The molecule has 2 heterocycles. The molecule has 2 aliphatic rings. The molecule has 8 rings (SSSR count). The highest BCUT2D eigenvalue weighted by molar-refractivity contribution is 7.93. The maximum absolute atomic E-state index is 13.7. The number of halogens is 2. The molecule has 4 aromatic carbocycles. The number of nitrogens with one attached hydrogen (secondary N) is 2. The minimum atomic E-state index is -4.28. The Bertz CT molecular complexity index is 3160. The number of aryl methyl sites for hydroxylation is 2. The average molecular weight is 970 g/mol. The van der Waals surface area contributed by atoms with Gasteiger partial charge in [-0.2, -0.15) is 9.97 Å². The molecule has 0 unspecified atom stereocenters. The number of carbonyl (C=O) groups excluding carboxylic acids is 1. The molecule has 3 N–H and O–H groups in total. The highest BCUT2D eigenvalue weighted by Crippen LogP contribution is 2.48. The highest BCUT2D eigenvalue weighted by Gasteiger charge is 2.31. The van der Waals surface area contributed by atoms with Crippen molar-refractivity contribution in [3.63, 3.8) is 0 Å². The van der Waals surface area contributed by atoms with Crippen molar-refractivity contribution in [1.82, 2.24) is 19.9 Å². The van der Waals surface area contributed by atoms with Crippen molar-refractivity contribution in [2.45, 2.75) is 94.3 Å². The molecule has 2 fully saturated rings. The number of hydrogen-bond acceptors (Lipinski definition) is 11. The van der Waals surface area contributed by atoms with E-state index < -0.39 is 32.0 Å². The maximum atomic E-state index is 13.7. The van der Waals surface area contributed by atoms with Crippen molar-refractivity contribution in [3.8, 4) is 22.5 Å². The van der Waals surface area contributed by atoms with Gasteiger partial charge in [0.05, 0.1) is 38.9 Å². The van der Waals surface area contributed by atoms with Gasteiger partial charge in [0.15, 0.2) is 0 Å². The van der Waals surface area contributed by atoms with Crippen LogP contribution in [0.25, 0.3) is 22.5 Å². The van der Waals surface area contributed by atoms with E-state index in [0.29, 0.717) is 53.6 Å². The lowest BCUT2D eigenvalue weighted by molar-refractivity contribution is 0.0497. The lowest BCUT2D eigenvalue weighted by Crippen LogP contribution is -2.17. The highest BCUT2D eigenvalue weighted by atomic mass is 35.5. The molecule has 14 nitrogen and oxygen atoms in total. The second kappa shape index (κ2) is 18.7. The lowest BCUT2D eigenvalue weighted by atomic mass is 9.89. The van der Waals surface area contributed by atoms with Crippen molar-refractivity contribution in [2.24, 2.45) is 0 Å². The van der Waals surface area contributed by atoms with E-state index in [-0.39, 0.29) is 49.7 Å². The summed E-state index contributed by atoms with van der Waals surface area (Å²) in [5.41, 5.74) is 9.03. The molecule has 6 aromatic rings. The molecule has 0 saturated heterocycles. The van der Waals surface area contributed by atoms with Crippen LogP contribution >= 0.6 is 23.2 Å². The number of aromatic carboxylic acids is 1. The standard InChI is InChI=1S/C48H46Cl2N6O8S2/c1-26-10-7-16-37(31-17-18-31)39(26)41-28(3)43(49)53-47(51-41)55-66(62,63)36-15-9-13-34(25-36)46(59)64-23-6-5-11-30-21-22-38(32-19-20-32)40(27(30)2)42-29(4)44(50)54-48(52-42)56-65(60,61)35-14-8-12-33(24-35)45(57)58/h7-10,12-16,21-22,24-25,31-32H,5-6,11,17-20,23H2,1-4H3,(H,57,58)(H,51,53,55)(H,52,54,56). The van der Waals surface area contributed by atoms with E-state index in [2.05, 4.69) is 47.6 Å². The van der Waals surface area contributed by atoms with Crippen LogP contribution in [0.5, 0.6) is 0 Å². The SMILES string of the molecule is Cc1cccc(C2CC2)c1-c1nc(NS(=O)(=O)c2cccc(C(=O)OCCCCc3ccc(C4CC4)c(-c4nc(NS(=O)(=O)c5cccc(C(=O)O)c5)nc(Cl)c4C)c3C)c2)nc(Cl)c1C. The third-order valence-corrected chi connectivity index (χ3v) is 15.3. The summed E-state index contributed by atoms with van der Waals surface area (Å²) in [5.74, 6) is -1.68. The Balaban J connectivity index is 0.929. The minimum Gasteiger partial charge on any atom is -0.478 e. The number of rotatable bonds is 17. The smallest absolute Gasteiger partial charge is 0.338 e. The number of esters is 1. The van der Waals surface area contributed by atoms with Gasteiger partial charge in [0.25, 0.3) is 20.0 Å². The van der Waals surface area contributed by atoms with E-state index in [9.17, 15) is 31.5 Å². The second-order valence-electron chi connectivity index (χ2n) is 16.7. The summed E-state index contributed by atoms with van der Waals surface area (Å²) in [6.45, 7) is 7.63. The number of carboxylic acids is 1. The van der Waals surface area contributed by atoms with Crippen LogP contribution in [0.4, 0.5) is 11.9 Å². The molecule has 2 aliphatic carbocycles. The Kier molecular flexibility index (Phi) is 13.2. The number of hydrogen-bond donors (Lipinski definition) is 3. The Morgan fingerprint density at radius 3 is 1.73 bits per heavy atom. The number of benzene rings is 4. The summed E-state index contributed by atoms with van der Waals surface area (Å²) in [7, 11) is -8.53. The number of sulfonamides is 2. The minimum absolute atomic E-state index is 0.0564. The van der Waals surface area contributed by atoms with E-state index in [0.717, 1.165) is 70.7 Å². The second-order valence-corrected chi connectivity index (χ2v) is 20.8. The predicted octanol–water partition coefficient (Wildman–Crippen LogP) is 10.4. The first-order valence-corrected chi connectivity index (χ1v) is 25.1. The molecule has 0 bridgehead atoms. The topological polar surface area (TPSA) is 207 Å². The van der Waals surface area contributed by atoms with Crippen LogP contribution in [0.2, 0.25) is 10.3 Å². The number of aromatic nitrogens is 4. The Labute approximate surface area is 393 Å². The molecule has 0 amide bonds. The van der Waals surface area contributed by atoms with Gasteiger partial charge in [0.1, 0.15) is 10.3 Å². The van der Waals surface area contributed by atoms with Crippen LogP contribution in [0.1, 0.15) is 110 Å². The Morgan fingerprint density at radius 1 is 0.652 bits per heavy atom. The molecule has 0 radical (unpaired) electrons. The number of nitrogens with zero attached hydrogens (tertiary/aromatic N) is 4. The van der Waals surface area contributed by atoms with Crippen molar-refractivity contribution < 1.29 is 36.3 Å². The molecule has 342 valence electrons. The van der Waals surface area contributed by atoms with Crippen molar-refractivity contribution in [1.29, 1.82) is 0 Å². The number of carboxylic acid groups (broad SMARTS) is 1. The molecule has 0 aliphatic heterocycles. The zero-order chi connectivity index (χ0) is 47.1. The monoisotopic (exact) mass is 968 g/mol. The van der Waals surface area contributed by atoms with Gasteiger partial charge in [-0.1, -0.05) is 65.7 Å². The zero-order valence-corrected chi connectivity index (χ0v) is 39.6. The molecule has 18 heteroatoms. The van der Waals surface area contributed by atoms with E-state index in [1.807, 2.05) is 26.0 Å². The molecule has 0 spiro atoms. The molecular formula is C48H46Cl2N6O8S2. The molecule has 2 aromatic heterocycles. The molecular weight excluding hydrogens is 924 g/mol. The van der Waals surface area contributed by atoms with Gasteiger partial charge >= 0.3 is 11.9 Å². The zero-order valence-electron chi connectivity index (χ0n) is 36.5. The fourth-order valence-corrected chi connectivity index (χ4v) is 10.3. The van der Waals surface area contributed by atoms with E-state index >= 15 is 0 Å². The molecule has 0 atom stereocenters. The van der Waals surface area contributed by atoms with E-state index in [1.165, 1.54) is 42.5 Å². The Hall–Kier alpha value is -5.94. The van der Waals surface area contributed by atoms with Crippen LogP contribution in [-0.4, -0.2) is 60.4 Å². The van der Waals surface area contributed by atoms with Gasteiger partial charge in [0.2, 0.25) is 11.9 Å².